The maximum atomic E-state index is 13.3. The van der Waals surface area contributed by atoms with Crippen LogP contribution in [0.2, 0.25) is 0 Å². The van der Waals surface area contributed by atoms with Gasteiger partial charge >= 0.3 is 6.18 Å². The van der Waals surface area contributed by atoms with Gasteiger partial charge in [-0.25, -0.2) is 0 Å². The number of carbonyl (C=O) groups is 2. The van der Waals surface area contributed by atoms with Crippen LogP contribution in [0.15, 0.2) is 24.4 Å². The van der Waals surface area contributed by atoms with Gasteiger partial charge in [0.15, 0.2) is 0 Å². The number of amides is 2. The van der Waals surface area contributed by atoms with Crippen molar-refractivity contribution in [2.24, 2.45) is 0 Å². The highest BCUT2D eigenvalue weighted by Crippen LogP contribution is 2.30. The second-order valence-electron chi connectivity index (χ2n) is 8.87. The monoisotopic (exact) mass is 478 g/mol. The van der Waals surface area contributed by atoms with E-state index >= 15 is 0 Å². The number of ether oxygens (including phenoxy) is 1. The van der Waals surface area contributed by atoms with E-state index in [-0.39, 0.29) is 24.5 Å². The van der Waals surface area contributed by atoms with Crippen LogP contribution < -0.4 is 5.32 Å². The predicted molar refractivity (Wildman–Crippen MR) is 118 cm³/mol. The van der Waals surface area contributed by atoms with Gasteiger partial charge < -0.3 is 19.5 Å². The van der Waals surface area contributed by atoms with Crippen molar-refractivity contribution < 1.29 is 27.5 Å². The Balaban J connectivity index is 1.60. The van der Waals surface area contributed by atoms with Crippen LogP contribution in [0.4, 0.5) is 13.2 Å². The fraction of sp³-hybridized carbons (Fsp3) is 0.542. The molecule has 10 heteroatoms. The molecule has 2 aromatic heterocycles. The van der Waals surface area contributed by atoms with E-state index in [1.165, 1.54) is 6.07 Å². The molecule has 0 aromatic carbocycles. The van der Waals surface area contributed by atoms with Gasteiger partial charge in [0.2, 0.25) is 0 Å². The lowest BCUT2D eigenvalue weighted by atomic mass is 10.0. The number of halogens is 3. The van der Waals surface area contributed by atoms with Crippen molar-refractivity contribution in [1.29, 1.82) is 0 Å². The Morgan fingerprint density at radius 1 is 1.29 bits per heavy atom. The zero-order valence-corrected chi connectivity index (χ0v) is 19.3. The van der Waals surface area contributed by atoms with Crippen LogP contribution in [0.1, 0.15) is 83.4 Å². The summed E-state index contributed by atoms with van der Waals surface area (Å²) in [5, 5.41) is 2.94. The number of alkyl halides is 3. The van der Waals surface area contributed by atoms with Gasteiger partial charge in [-0.2, -0.15) is 13.2 Å². The van der Waals surface area contributed by atoms with E-state index in [1.807, 2.05) is 23.3 Å². The number of rotatable bonds is 6. The Bertz CT molecular complexity index is 1050. The van der Waals surface area contributed by atoms with Gasteiger partial charge in [-0.3, -0.25) is 14.6 Å². The van der Waals surface area contributed by atoms with Crippen LogP contribution in [0.25, 0.3) is 0 Å². The molecule has 1 unspecified atom stereocenters. The van der Waals surface area contributed by atoms with Crippen molar-refractivity contribution >= 4 is 11.8 Å². The molecule has 2 aromatic rings. The summed E-state index contributed by atoms with van der Waals surface area (Å²) >= 11 is 0. The number of fused-ring (bicyclic) bond motifs is 1. The number of hydrogen-bond donors (Lipinski definition) is 1. The minimum atomic E-state index is -4.52. The summed E-state index contributed by atoms with van der Waals surface area (Å²) in [4.78, 5) is 31.9. The first kappa shape index (κ1) is 24.3. The second-order valence-corrected chi connectivity index (χ2v) is 8.87. The molecule has 7 nitrogen and oxygen atoms in total. The van der Waals surface area contributed by atoms with E-state index in [0.717, 1.165) is 25.1 Å². The summed E-state index contributed by atoms with van der Waals surface area (Å²) in [5.74, 6) is -0.481. The Kier molecular flexibility index (Phi) is 6.97. The zero-order valence-electron chi connectivity index (χ0n) is 19.3. The van der Waals surface area contributed by atoms with E-state index in [4.69, 9.17) is 4.74 Å². The van der Waals surface area contributed by atoms with Crippen LogP contribution in [-0.4, -0.2) is 45.5 Å². The first-order chi connectivity index (χ1) is 16.2. The van der Waals surface area contributed by atoms with Crippen LogP contribution in [0.5, 0.6) is 0 Å². The maximum absolute atomic E-state index is 13.3. The maximum Gasteiger partial charge on any atom is 0.433 e. The SMILES string of the molecule is CCC[C@@H](NC(=O)c1cc(C(=O)N2CCCC2C)n2c1COCC2)c1ccc(C(F)(F)F)nc1. The van der Waals surface area contributed by atoms with Crippen LogP contribution >= 0.6 is 0 Å². The van der Waals surface area contributed by atoms with E-state index in [9.17, 15) is 22.8 Å². The summed E-state index contributed by atoms with van der Waals surface area (Å²) in [6, 6.07) is 3.53. The summed E-state index contributed by atoms with van der Waals surface area (Å²) in [6.45, 7) is 5.79. The largest absolute Gasteiger partial charge is 0.433 e. The zero-order chi connectivity index (χ0) is 24.5. The van der Waals surface area contributed by atoms with Gasteiger partial charge in [-0.1, -0.05) is 19.4 Å². The molecule has 2 aliphatic heterocycles. The minimum absolute atomic E-state index is 0.0933. The van der Waals surface area contributed by atoms with E-state index in [1.54, 1.807) is 6.07 Å². The van der Waals surface area contributed by atoms with Crippen LogP contribution in [0.3, 0.4) is 0 Å². The molecule has 0 saturated carbocycles. The number of hydrogen-bond acceptors (Lipinski definition) is 4. The molecule has 2 atom stereocenters. The van der Waals surface area contributed by atoms with E-state index < -0.39 is 17.9 Å². The predicted octanol–water partition coefficient (Wildman–Crippen LogP) is 4.33. The molecule has 34 heavy (non-hydrogen) atoms. The average molecular weight is 479 g/mol. The van der Waals surface area contributed by atoms with Gasteiger partial charge in [-0.05, 0) is 43.9 Å². The van der Waals surface area contributed by atoms with Crippen molar-refractivity contribution in [2.45, 2.75) is 70.9 Å². The highest BCUT2D eigenvalue weighted by molar-refractivity contribution is 6.01. The molecule has 0 bridgehead atoms. The molecule has 4 heterocycles. The molecular formula is C24H29F3N4O3. The lowest BCUT2D eigenvalue weighted by molar-refractivity contribution is -0.141. The Morgan fingerprint density at radius 3 is 2.71 bits per heavy atom. The average Bonchev–Trinajstić information content (AvgIpc) is 3.42. The van der Waals surface area contributed by atoms with E-state index in [2.05, 4.69) is 10.3 Å². The molecule has 2 aliphatic rings. The molecular weight excluding hydrogens is 449 g/mol. The quantitative estimate of drug-likeness (QED) is 0.671. The fourth-order valence-electron chi connectivity index (χ4n) is 4.71. The Morgan fingerprint density at radius 2 is 2.09 bits per heavy atom. The summed E-state index contributed by atoms with van der Waals surface area (Å²) in [5.41, 5.74) is 0.988. The first-order valence-electron chi connectivity index (χ1n) is 11.7. The topological polar surface area (TPSA) is 76.5 Å². The summed E-state index contributed by atoms with van der Waals surface area (Å²) in [6.07, 6.45) is -0.219. The van der Waals surface area contributed by atoms with Crippen LogP contribution in [-0.2, 0) is 24.1 Å². The lowest BCUT2D eigenvalue weighted by Crippen LogP contribution is -2.35. The molecule has 1 fully saturated rings. The number of aromatic nitrogens is 2. The highest BCUT2D eigenvalue weighted by Gasteiger charge is 2.34. The summed E-state index contributed by atoms with van der Waals surface area (Å²) in [7, 11) is 0. The molecule has 0 aliphatic carbocycles. The third kappa shape index (κ3) is 4.82. The summed E-state index contributed by atoms with van der Waals surface area (Å²) < 4.78 is 46.1. The number of likely N-dealkylation sites (tertiary alicyclic amines) is 1. The van der Waals surface area contributed by atoms with Crippen molar-refractivity contribution in [1.82, 2.24) is 19.8 Å². The molecule has 0 radical (unpaired) electrons. The van der Waals surface area contributed by atoms with Crippen LogP contribution in [0, 0.1) is 0 Å². The third-order valence-electron chi connectivity index (χ3n) is 6.55. The normalized spacial score (nSPS) is 19.1. The number of nitrogens with zero attached hydrogens (tertiary/aromatic N) is 3. The van der Waals surface area contributed by atoms with Crippen molar-refractivity contribution in [3.05, 3.63) is 52.6 Å². The molecule has 1 saturated heterocycles. The van der Waals surface area contributed by atoms with Gasteiger partial charge in [0.05, 0.1) is 30.5 Å². The second kappa shape index (κ2) is 9.77. The standard InChI is InChI=1S/C24H29F3N4O3/c1-3-5-18(16-7-8-21(28-13-16)24(25,26)27)29-22(32)17-12-19(31-10-11-34-14-20(17)31)23(33)30-9-4-6-15(30)2/h7-8,12-13,15,18H,3-6,9-11,14H2,1-2H3,(H,29,32)/t15?,18-/m1/s1. The fourth-order valence-corrected chi connectivity index (χ4v) is 4.71. The number of carbonyl (C=O) groups excluding carboxylic acids is 2. The van der Waals surface area contributed by atoms with E-state index in [0.29, 0.717) is 55.1 Å². The van der Waals surface area contributed by atoms with Gasteiger partial charge in [0, 0.05) is 25.3 Å². The third-order valence-corrected chi connectivity index (χ3v) is 6.55. The van der Waals surface area contributed by atoms with Gasteiger partial charge in [0.1, 0.15) is 11.4 Å². The molecule has 0 spiro atoms. The minimum Gasteiger partial charge on any atom is -0.373 e. The molecule has 2 amide bonds. The van der Waals surface area contributed by atoms with Gasteiger partial charge in [-0.15, -0.1) is 0 Å². The molecule has 4 rings (SSSR count). The van der Waals surface area contributed by atoms with Crippen molar-refractivity contribution in [2.75, 3.05) is 13.2 Å². The Hall–Kier alpha value is -2.88. The lowest BCUT2D eigenvalue weighted by Gasteiger charge is -2.24. The van der Waals surface area contributed by atoms with Crippen molar-refractivity contribution in [3.8, 4) is 0 Å². The first-order valence-corrected chi connectivity index (χ1v) is 11.7. The smallest absolute Gasteiger partial charge is 0.373 e. The Labute approximate surface area is 196 Å². The molecule has 1 N–H and O–H groups in total. The number of pyridine rings is 1. The highest BCUT2D eigenvalue weighted by atomic mass is 19.4. The van der Waals surface area contributed by atoms with Gasteiger partial charge in [0.25, 0.3) is 11.8 Å². The molecule has 184 valence electrons. The number of nitrogens with one attached hydrogen (secondary N) is 1. The van der Waals surface area contributed by atoms with Crippen molar-refractivity contribution in [3.63, 3.8) is 0 Å².